The molecule has 168 valence electrons. The Kier molecular flexibility index (Phi) is 6.16. The highest BCUT2D eigenvalue weighted by Gasteiger charge is 2.26. The fraction of sp³-hybridized carbons (Fsp3) is 0.276. The van der Waals surface area contributed by atoms with Crippen LogP contribution in [0.3, 0.4) is 0 Å². The predicted molar refractivity (Wildman–Crippen MR) is 132 cm³/mol. The number of para-hydroxylation sites is 1. The van der Waals surface area contributed by atoms with E-state index in [-0.39, 0.29) is 11.8 Å². The first-order valence-electron chi connectivity index (χ1n) is 11.8. The van der Waals surface area contributed by atoms with Gasteiger partial charge in [0.25, 0.3) is 0 Å². The molecule has 1 aliphatic heterocycles. The van der Waals surface area contributed by atoms with Gasteiger partial charge in [-0.2, -0.15) is 0 Å². The number of aryl methyl sites for hydroxylation is 1. The molecule has 5 rings (SSSR count). The molecule has 0 bridgehead atoms. The Morgan fingerprint density at radius 1 is 0.939 bits per heavy atom. The zero-order valence-corrected chi connectivity index (χ0v) is 19.1. The van der Waals surface area contributed by atoms with Gasteiger partial charge in [0.2, 0.25) is 5.91 Å². The molecule has 0 aliphatic carbocycles. The first-order valence-corrected chi connectivity index (χ1v) is 11.8. The second-order valence-electron chi connectivity index (χ2n) is 8.90. The smallest absolute Gasteiger partial charge is 0.223 e. The minimum absolute atomic E-state index is 0.0236. The van der Waals surface area contributed by atoms with Crippen LogP contribution in [-0.2, 0) is 18.4 Å². The van der Waals surface area contributed by atoms with Gasteiger partial charge in [-0.3, -0.25) is 4.79 Å². The van der Waals surface area contributed by atoms with Crippen molar-refractivity contribution in [2.45, 2.75) is 31.8 Å². The van der Waals surface area contributed by atoms with Crippen molar-refractivity contribution >= 4 is 16.8 Å². The number of likely N-dealkylation sites (tertiary alicyclic amines) is 1. The summed E-state index contributed by atoms with van der Waals surface area (Å²) in [5, 5.41) is 1.20. The molecule has 4 heteroatoms. The number of benzene rings is 3. The summed E-state index contributed by atoms with van der Waals surface area (Å²) in [5.74, 6) is 1.04. The molecule has 1 aromatic heterocycles. The average Bonchev–Trinajstić information content (AvgIpc) is 3.51. The van der Waals surface area contributed by atoms with Gasteiger partial charge in [0.1, 0.15) is 12.4 Å². The van der Waals surface area contributed by atoms with Crippen molar-refractivity contribution < 1.29 is 9.53 Å². The normalized spacial score (nSPS) is 14.5. The third-order valence-corrected chi connectivity index (χ3v) is 6.65. The summed E-state index contributed by atoms with van der Waals surface area (Å²) in [6.45, 7) is 2.28. The van der Waals surface area contributed by atoms with Gasteiger partial charge in [0.05, 0.1) is 0 Å². The summed E-state index contributed by atoms with van der Waals surface area (Å²) >= 11 is 0. The Morgan fingerprint density at radius 2 is 1.70 bits per heavy atom. The van der Waals surface area contributed by atoms with E-state index >= 15 is 0 Å². The number of fused-ring (bicyclic) bond motifs is 1. The molecule has 4 nitrogen and oxygen atoms in total. The molecule has 0 N–H and O–H groups in total. The van der Waals surface area contributed by atoms with Crippen molar-refractivity contribution in [1.82, 2.24) is 9.47 Å². The summed E-state index contributed by atoms with van der Waals surface area (Å²) in [6.07, 6.45) is 4.86. The van der Waals surface area contributed by atoms with Crippen LogP contribution in [0.5, 0.6) is 5.75 Å². The fourth-order valence-electron chi connectivity index (χ4n) is 4.89. The highest BCUT2D eigenvalue weighted by Crippen LogP contribution is 2.36. The molecular formula is C29H30N2O2. The lowest BCUT2D eigenvalue weighted by atomic mass is 9.87. The second kappa shape index (κ2) is 9.53. The van der Waals surface area contributed by atoms with Crippen LogP contribution in [0.2, 0.25) is 0 Å². The maximum absolute atomic E-state index is 13.2. The van der Waals surface area contributed by atoms with E-state index in [9.17, 15) is 4.79 Å². The first-order chi connectivity index (χ1) is 16.2. The lowest BCUT2D eigenvalue weighted by molar-refractivity contribution is -0.130. The molecule has 4 aromatic rings. The molecule has 1 saturated heterocycles. The number of amides is 1. The summed E-state index contributed by atoms with van der Waals surface area (Å²) in [4.78, 5) is 15.3. The first kappa shape index (κ1) is 21.3. The van der Waals surface area contributed by atoms with Crippen molar-refractivity contribution in [2.75, 3.05) is 13.1 Å². The Bertz CT molecular complexity index is 1240. The van der Waals surface area contributed by atoms with E-state index in [0.717, 1.165) is 42.8 Å². The Morgan fingerprint density at radius 3 is 2.52 bits per heavy atom. The zero-order valence-electron chi connectivity index (χ0n) is 19.1. The van der Waals surface area contributed by atoms with Crippen LogP contribution in [0.25, 0.3) is 10.9 Å². The molecule has 0 radical (unpaired) electrons. The molecule has 3 aromatic carbocycles. The van der Waals surface area contributed by atoms with Gasteiger partial charge < -0.3 is 14.2 Å². The zero-order chi connectivity index (χ0) is 22.6. The lowest BCUT2D eigenvalue weighted by Crippen LogP contribution is -2.29. The van der Waals surface area contributed by atoms with E-state index < -0.39 is 0 Å². The molecule has 1 fully saturated rings. The number of hydrogen-bond donors (Lipinski definition) is 0. The molecule has 1 amide bonds. The van der Waals surface area contributed by atoms with Crippen LogP contribution in [0, 0.1) is 0 Å². The minimum atomic E-state index is -0.0236. The van der Waals surface area contributed by atoms with Gasteiger partial charge in [0, 0.05) is 49.6 Å². The monoisotopic (exact) mass is 438 g/mol. The van der Waals surface area contributed by atoms with E-state index in [1.807, 2.05) is 35.2 Å². The van der Waals surface area contributed by atoms with Crippen molar-refractivity contribution in [3.8, 4) is 5.75 Å². The van der Waals surface area contributed by atoms with Gasteiger partial charge in [-0.25, -0.2) is 0 Å². The topological polar surface area (TPSA) is 34.5 Å². The van der Waals surface area contributed by atoms with E-state index in [4.69, 9.17) is 4.74 Å². The molecule has 0 saturated carbocycles. The number of ether oxygens (including phenoxy) is 1. The van der Waals surface area contributed by atoms with Gasteiger partial charge in [-0.15, -0.1) is 0 Å². The summed E-state index contributed by atoms with van der Waals surface area (Å²) in [6, 6.07) is 26.9. The van der Waals surface area contributed by atoms with Gasteiger partial charge in [0.15, 0.2) is 0 Å². The third kappa shape index (κ3) is 4.65. The average molecular weight is 439 g/mol. The lowest BCUT2D eigenvalue weighted by Gasteiger charge is -2.22. The molecule has 0 spiro atoms. The summed E-state index contributed by atoms with van der Waals surface area (Å²) < 4.78 is 8.28. The van der Waals surface area contributed by atoms with Gasteiger partial charge in [-0.05, 0) is 47.7 Å². The quantitative estimate of drug-likeness (QED) is 0.360. The summed E-state index contributed by atoms with van der Waals surface area (Å²) in [7, 11) is 2.07. The van der Waals surface area contributed by atoms with Crippen LogP contribution >= 0.6 is 0 Å². The molecule has 2 heterocycles. The Balaban J connectivity index is 1.48. The number of nitrogens with zero attached hydrogens (tertiary/aromatic N) is 2. The highest BCUT2D eigenvalue weighted by molar-refractivity contribution is 5.86. The van der Waals surface area contributed by atoms with Crippen molar-refractivity contribution in [3.05, 3.63) is 102 Å². The summed E-state index contributed by atoms with van der Waals surface area (Å²) in [5.41, 5.74) is 4.63. The molecule has 1 aliphatic rings. The highest BCUT2D eigenvalue weighted by atomic mass is 16.5. The van der Waals surface area contributed by atoms with Crippen molar-refractivity contribution in [1.29, 1.82) is 0 Å². The van der Waals surface area contributed by atoms with Crippen LogP contribution in [0.4, 0.5) is 0 Å². The predicted octanol–water partition coefficient (Wildman–Crippen LogP) is 5.90. The van der Waals surface area contributed by atoms with Gasteiger partial charge in [-0.1, -0.05) is 60.7 Å². The SMILES string of the molecule is Cn1cc([C@@H](CC(=O)N2CCCC2)c2cccc(OCc3ccccc3)c2)c2ccccc21. The van der Waals surface area contributed by atoms with Crippen LogP contribution in [0.15, 0.2) is 85.1 Å². The van der Waals surface area contributed by atoms with Crippen molar-refractivity contribution in [2.24, 2.45) is 7.05 Å². The van der Waals surface area contributed by atoms with E-state index in [0.29, 0.717) is 13.0 Å². The largest absolute Gasteiger partial charge is 0.489 e. The number of rotatable bonds is 7. The van der Waals surface area contributed by atoms with Crippen LogP contribution < -0.4 is 4.74 Å². The van der Waals surface area contributed by atoms with E-state index in [2.05, 4.69) is 66.3 Å². The van der Waals surface area contributed by atoms with Crippen LogP contribution in [-0.4, -0.2) is 28.5 Å². The number of carbonyl (C=O) groups is 1. The second-order valence-corrected chi connectivity index (χ2v) is 8.90. The van der Waals surface area contributed by atoms with Crippen molar-refractivity contribution in [3.63, 3.8) is 0 Å². The maximum Gasteiger partial charge on any atom is 0.223 e. The minimum Gasteiger partial charge on any atom is -0.489 e. The molecular weight excluding hydrogens is 408 g/mol. The van der Waals surface area contributed by atoms with E-state index in [1.54, 1.807) is 0 Å². The number of hydrogen-bond acceptors (Lipinski definition) is 2. The van der Waals surface area contributed by atoms with Gasteiger partial charge >= 0.3 is 0 Å². The number of aromatic nitrogens is 1. The standard InChI is InChI=1S/C29H30N2O2/c1-30-20-27(25-14-5-6-15-28(25)30)26(19-29(32)31-16-7-8-17-31)23-12-9-13-24(18-23)33-21-22-10-3-2-4-11-22/h2-6,9-15,18,20,26H,7-8,16-17,19,21H2,1H3/t26-/m0/s1. The Hall–Kier alpha value is -3.53. The number of carbonyl (C=O) groups excluding carboxylic acids is 1. The molecule has 0 unspecified atom stereocenters. The maximum atomic E-state index is 13.2. The molecule has 1 atom stereocenters. The fourth-order valence-corrected chi connectivity index (χ4v) is 4.89. The Labute approximate surface area is 195 Å². The van der Waals surface area contributed by atoms with Crippen LogP contribution in [0.1, 0.15) is 41.9 Å². The molecule has 33 heavy (non-hydrogen) atoms. The third-order valence-electron chi connectivity index (χ3n) is 6.65. The van der Waals surface area contributed by atoms with E-state index in [1.165, 1.54) is 16.5 Å².